The van der Waals surface area contributed by atoms with E-state index in [2.05, 4.69) is 65.6 Å². The van der Waals surface area contributed by atoms with Gasteiger partial charge in [-0.05, 0) is 24.7 Å². The summed E-state index contributed by atoms with van der Waals surface area (Å²) < 4.78 is 0. The van der Waals surface area contributed by atoms with Crippen LogP contribution in [0.1, 0.15) is 55.4 Å². The Morgan fingerprint density at radius 1 is 0.882 bits per heavy atom. The molecule has 0 aromatic heterocycles. The Kier molecular flexibility index (Phi) is 4.31. The molecule has 0 radical (unpaired) electrons. The summed E-state index contributed by atoms with van der Waals surface area (Å²) in [6.07, 6.45) is 0. The lowest BCUT2D eigenvalue weighted by molar-refractivity contribution is -0.0348. The maximum absolute atomic E-state index is 3.64. The van der Waals surface area contributed by atoms with E-state index in [1.165, 1.54) is 0 Å². The third-order valence-electron chi connectivity index (χ3n) is 3.99. The molecule has 0 saturated carbocycles. The van der Waals surface area contributed by atoms with E-state index in [9.17, 15) is 0 Å². The van der Waals surface area contributed by atoms with E-state index in [-0.39, 0.29) is 0 Å². The lowest BCUT2D eigenvalue weighted by Crippen LogP contribution is -2.66. The molecular formula is C15H32N2. The molecule has 0 aromatic carbocycles. The van der Waals surface area contributed by atoms with Crippen LogP contribution in [-0.2, 0) is 0 Å². The first-order chi connectivity index (χ1) is 7.55. The highest BCUT2D eigenvalue weighted by molar-refractivity contribution is 4.98. The fraction of sp³-hybridized carbons (Fsp3) is 1.00. The Bertz CT molecular complexity index is 223. The molecule has 1 N–H and O–H groups in total. The Hall–Kier alpha value is -0.0800. The van der Waals surface area contributed by atoms with Crippen LogP contribution < -0.4 is 5.32 Å². The van der Waals surface area contributed by atoms with Gasteiger partial charge in [0, 0.05) is 31.2 Å². The molecule has 17 heavy (non-hydrogen) atoms. The second-order valence-corrected chi connectivity index (χ2v) is 7.96. The zero-order chi connectivity index (χ0) is 13.4. The number of piperazine rings is 1. The standard InChI is InChI=1S/C15H32N2/c1-11(2)17-12(14(3,4)5)9-16-10-13(17)15(6,7)8/h11-13,16H,9-10H2,1-8H3. The predicted molar refractivity (Wildman–Crippen MR) is 76.3 cm³/mol. The van der Waals surface area contributed by atoms with Crippen molar-refractivity contribution in [3.8, 4) is 0 Å². The molecule has 0 spiro atoms. The van der Waals surface area contributed by atoms with Crippen molar-refractivity contribution in [3.05, 3.63) is 0 Å². The van der Waals surface area contributed by atoms with Crippen LogP contribution in [0.5, 0.6) is 0 Å². The number of nitrogens with one attached hydrogen (secondary N) is 1. The monoisotopic (exact) mass is 240 g/mol. The molecule has 2 atom stereocenters. The van der Waals surface area contributed by atoms with Gasteiger partial charge in [0.15, 0.2) is 0 Å². The fourth-order valence-electron chi connectivity index (χ4n) is 3.01. The molecule has 2 heteroatoms. The lowest BCUT2D eigenvalue weighted by Gasteiger charge is -2.54. The van der Waals surface area contributed by atoms with Crippen molar-refractivity contribution >= 4 is 0 Å². The summed E-state index contributed by atoms with van der Waals surface area (Å²) in [6.45, 7) is 21.1. The van der Waals surface area contributed by atoms with Crippen LogP contribution in [0.15, 0.2) is 0 Å². The van der Waals surface area contributed by atoms with Crippen LogP contribution in [0.2, 0.25) is 0 Å². The maximum Gasteiger partial charge on any atom is 0.0275 e. The van der Waals surface area contributed by atoms with Crippen molar-refractivity contribution in [2.75, 3.05) is 13.1 Å². The van der Waals surface area contributed by atoms with Crippen LogP contribution in [-0.4, -0.2) is 36.1 Å². The average molecular weight is 240 g/mol. The Morgan fingerprint density at radius 3 is 1.47 bits per heavy atom. The summed E-state index contributed by atoms with van der Waals surface area (Å²) in [5, 5.41) is 3.64. The molecule has 0 aromatic rings. The van der Waals surface area contributed by atoms with Crippen molar-refractivity contribution in [2.45, 2.75) is 73.5 Å². The number of hydrogen-bond acceptors (Lipinski definition) is 2. The molecule has 0 amide bonds. The van der Waals surface area contributed by atoms with Crippen LogP contribution in [0, 0.1) is 10.8 Å². The SMILES string of the molecule is CC(C)N1C(C(C)(C)C)CNCC1C(C)(C)C. The third kappa shape index (κ3) is 3.45. The largest absolute Gasteiger partial charge is 0.314 e. The van der Waals surface area contributed by atoms with Gasteiger partial charge in [0.1, 0.15) is 0 Å². The Labute approximate surface area is 108 Å². The first-order valence-electron chi connectivity index (χ1n) is 7.03. The van der Waals surface area contributed by atoms with E-state index in [0.717, 1.165) is 13.1 Å². The summed E-state index contributed by atoms with van der Waals surface area (Å²) in [6, 6.07) is 1.87. The summed E-state index contributed by atoms with van der Waals surface area (Å²) in [4.78, 5) is 2.75. The quantitative estimate of drug-likeness (QED) is 0.757. The van der Waals surface area contributed by atoms with Gasteiger partial charge in [-0.25, -0.2) is 0 Å². The van der Waals surface area contributed by atoms with E-state index >= 15 is 0 Å². The van der Waals surface area contributed by atoms with Crippen molar-refractivity contribution in [2.24, 2.45) is 10.8 Å². The summed E-state index contributed by atoms with van der Waals surface area (Å²) in [7, 11) is 0. The van der Waals surface area contributed by atoms with Crippen LogP contribution in [0.4, 0.5) is 0 Å². The first kappa shape index (κ1) is 15.0. The van der Waals surface area contributed by atoms with Crippen LogP contribution in [0.25, 0.3) is 0 Å². The highest BCUT2D eigenvalue weighted by atomic mass is 15.3. The number of nitrogens with zero attached hydrogens (tertiary/aromatic N) is 1. The number of hydrogen-bond donors (Lipinski definition) is 1. The van der Waals surface area contributed by atoms with E-state index in [0.29, 0.717) is 29.0 Å². The van der Waals surface area contributed by atoms with Gasteiger partial charge in [-0.1, -0.05) is 41.5 Å². The molecule has 0 bridgehead atoms. The molecule has 2 nitrogen and oxygen atoms in total. The van der Waals surface area contributed by atoms with Crippen LogP contribution >= 0.6 is 0 Å². The summed E-state index contributed by atoms with van der Waals surface area (Å²) in [5.41, 5.74) is 0.669. The van der Waals surface area contributed by atoms with Crippen molar-refractivity contribution in [1.29, 1.82) is 0 Å². The molecule has 2 unspecified atom stereocenters. The second-order valence-electron chi connectivity index (χ2n) is 7.96. The Balaban J connectivity index is 3.01. The van der Waals surface area contributed by atoms with Crippen molar-refractivity contribution in [1.82, 2.24) is 10.2 Å². The van der Waals surface area contributed by atoms with Gasteiger partial charge in [0.2, 0.25) is 0 Å². The lowest BCUT2D eigenvalue weighted by atomic mass is 9.77. The zero-order valence-electron chi connectivity index (χ0n) is 13.1. The topological polar surface area (TPSA) is 15.3 Å². The van der Waals surface area contributed by atoms with Gasteiger partial charge in [-0.15, -0.1) is 0 Å². The van der Waals surface area contributed by atoms with Gasteiger partial charge < -0.3 is 5.32 Å². The molecule has 1 fully saturated rings. The van der Waals surface area contributed by atoms with Gasteiger partial charge in [0.05, 0.1) is 0 Å². The molecular weight excluding hydrogens is 208 g/mol. The second kappa shape index (κ2) is 4.89. The number of rotatable bonds is 1. The van der Waals surface area contributed by atoms with E-state index in [1.54, 1.807) is 0 Å². The molecule has 1 heterocycles. The molecule has 1 rings (SSSR count). The van der Waals surface area contributed by atoms with Crippen LogP contribution in [0.3, 0.4) is 0 Å². The van der Waals surface area contributed by atoms with Gasteiger partial charge in [0.25, 0.3) is 0 Å². The van der Waals surface area contributed by atoms with Crippen molar-refractivity contribution in [3.63, 3.8) is 0 Å². The smallest absolute Gasteiger partial charge is 0.0275 e. The molecule has 0 aliphatic carbocycles. The summed E-state index contributed by atoms with van der Waals surface area (Å²) >= 11 is 0. The molecule has 102 valence electrons. The van der Waals surface area contributed by atoms with E-state index in [1.807, 2.05) is 0 Å². The van der Waals surface area contributed by atoms with E-state index < -0.39 is 0 Å². The highest BCUT2D eigenvalue weighted by Gasteiger charge is 2.42. The van der Waals surface area contributed by atoms with E-state index in [4.69, 9.17) is 0 Å². The Morgan fingerprint density at radius 2 is 1.24 bits per heavy atom. The zero-order valence-corrected chi connectivity index (χ0v) is 13.1. The van der Waals surface area contributed by atoms with Crippen molar-refractivity contribution < 1.29 is 0 Å². The minimum atomic E-state index is 0.335. The molecule has 1 saturated heterocycles. The van der Waals surface area contributed by atoms with Gasteiger partial charge >= 0.3 is 0 Å². The predicted octanol–water partition coefficient (Wildman–Crippen LogP) is 3.13. The molecule has 1 aliphatic heterocycles. The fourth-order valence-corrected chi connectivity index (χ4v) is 3.01. The first-order valence-corrected chi connectivity index (χ1v) is 7.03. The summed E-state index contributed by atoms with van der Waals surface area (Å²) in [5.74, 6) is 0. The minimum Gasteiger partial charge on any atom is -0.314 e. The van der Waals surface area contributed by atoms with Gasteiger partial charge in [-0.2, -0.15) is 0 Å². The normalized spacial score (nSPS) is 28.8. The third-order valence-corrected chi connectivity index (χ3v) is 3.99. The van der Waals surface area contributed by atoms with Gasteiger partial charge in [-0.3, -0.25) is 4.90 Å². The molecule has 1 aliphatic rings. The average Bonchev–Trinajstić information content (AvgIpc) is 2.13. The highest BCUT2D eigenvalue weighted by Crippen LogP contribution is 2.35. The maximum atomic E-state index is 3.64. The minimum absolute atomic E-state index is 0.335.